The number of aliphatic hydroxyl groups is 1. The molecule has 104 valence electrons. The number of aliphatic hydroxyl groups excluding tert-OH is 1. The van der Waals surface area contributed by atoms with E-state index in [0.717, 1.165) is 39.0 Å². The van der Waals surface area contributed by atoms with Gasteiger partial charge in [-0.2, -0.15) is 0 Å². The Morgan fingerprint density at radius 3 is 2.50 bits per heavy atom. The van der Waals surface area contributed by atoms with Gasteiger partial charge in [0.15, 0.2) is 0 Å². The second-order valence-corrected chi connectivity index (χ2v) is 6.33. The molecule has 2 saturated heterocycles. The number of ether oxygens (including phenoxy) is 1. The van der Waals surface area contributed by atoms with Gasteiger partial charge in [-0.3, -0.25) is 4.90 Å². The molecule has 5 heteroatoms. The predicted octanol–water partition coefficient (Wildman–Crippen LogP) is 1.06. The molecule has 0 aliphatic carbocycles. The minimum atomic E-state index is -0.427. The first-order valence-corrected chi connectivity index (χ1v) is 6.75. The van der Waals surface area contributed by atoms with Crippen LogP contribution in [0.2, 0.25) is 0 Å². The van der Waals surface area contributed by atoms with Crippen LogP contribution in [0.3, 0.4) is 0 Å². The summed E-state index contributed by atoms with van der Waals surface area (Å²) in [5, 5.41) is 9.63. The van der Waals surface area contributed by atoms with Crippen LogP contribution >= 0.6 is 0 Å². The van der Waals surface area contributed by atoms with Crippen LogP contribution in [0.4, 0.5) is 4.79 Å². The van der Waals surface area contributed by atoms with Gasteiger partial charge in [-0.25, -0.2) is 4.79 Å². The molecule has 0 aromatic heterocycles. The monoisotopic (exact) mass is 256 g/mol. The summed E-state index contributed by atoms with van der Waals surface area (Å²) in [4.78, 5) is 15.8. The molecule has 2 rings (SSSR count). The largest absolute Gasteiger partial charge is 0.444 e. The van der Waals surface area contributed by atoms with Crippen LogP contribution in [0.5, 0.6) is 0 Å². The van der Waals surface area contributed by atoms with Gasteiger partial charge in [0.2, 0.25) is 0 Å². The Morgan fingerprint density at radius 1 is 1.28 bits per heavy atom. The molecule has 1 N–H and O–H groups in total. The maximum Gasteiger partial charge on any atom is 0.410 e. The highest BCUT2D eigenvalue weighted by Gasteiger charge is 2.38. The molecule has 0 spiro atoms. The zero-order chi connectivity index (χ0) is 13.3. The number of likely N-dealkylation sites (tertiary alicyclic amines) is 2. The highest BCUT2D eigenvalue weighted by atomic mass is 16.6. The predicted molar refractivity (Wildman–Crippen MR) is 68.4 cm³/mol. The van der Waals surface area contributed by atoms with Gasteiger partial charge in [0.25, 0.3) is 0 Å². The lowest BCUT2D eigenvalue weighted by Gasteiger charge is -2.47. The van der Waals surface area contributed by atoms with Gasteiger partial charge in [0.05, 0.1) is 6.10 Å². The molecular formula is C13H24N2O3. The van der Waals surface area contributed by atoms with Crippen molar-refractivity contribution in [2.75, 3.05) is 26.2 Å². The molecule has 0 bridgehead atoms. The van der Waals surface area contributed by atoms with E-state index >= 15 is 0 Å². The SMILES string of the molecule is CC(C)(C)OC(=O)N1CC(N2CCCC(O)C2)C1. The van der Waals surface area contributed by atoms with Crippen molar-refractivity contribution in [2.45, 2.75) is 51.4 Å². The van der Waals surface area contributed by atoms with Gasteiger partial charge in [-0.15, -0.1) is 0 Å². The van der Waals surface area contributed by atoms with Gasteiger partial charge in [0, 0.05) is 25.7 Å². The molecule has 2 aliphatic heterocycles. The normalized spacial score (nSPS) is 26.9. The van der Waals surface area contributed by atoms with E-state index in [2.05, 4.69) is 4.90 Å². The lowest BCUT2D eigenvalue weighted by atomic mass is 10.0. The van der Waals surface area contributed by atoms with Crippen LogP contribution in [-0.2, 0) is 4.74 Å². The van der Waals surface area contributed by atoms with E-state index in [0.29, 0.717) is 6.04 Å². The summed E-state index contributed by atoms with van der Waals surface area (Å²) in [5.74, 6) is 0. The van der Waals surface area contributed by atoms with Crippen LogP contribution in [0.25, 0.3) is 0 Å². The third-order valence-electron chi connectivity index (χ3n) is 3.46. The Balaban J connectivity index is 1.75. The van der Waals surface area contributed by atoms with Gasteiger partial charge in [0.1, 0.15) is 5.60 Å². The van der Waals surface area contributed by atoms with Crippen molar-refractivity contribution in [3.8, 4) is 0 Å². The number of carbonyl (C=O) groups excluding carboxylic acids is 1. The fraction of sp³-hybridized carbons (Fsp3) is 0.923. The van der Waals surface area contributed by atoms with E-state index in [1.807, 2.05) is 20.8 Å². The average molecular weight is 256 g/mol. The molecule has 2 heterocycles. The zero-order valence-electron chi connectivity index (χ0n) is 11.6. The fourth-order valence-electron chi connectivity index (χ4n) is 2.48. The van der Waals surface area contributed by atoms with Crippen molar-refractivity contribution >= 4 is 6.09 Å². The van der Waals surface area contributed by atoms with E-state index < -0.39 is 5.60 Å². The number of hydrogen-bond acceptors (Lipinski definition) is 4. The fourth-order valence-corrected chi connectivity index (χ4v) is 2.48. The molecule has 2 aliphatic rings. The summed E-state index contributed by atoms with van der Waals surface area (Å²) in [7, 11) is 0. The second kappa shape index (κ2) is 5.05. The number of piperidine rings is 1. The molecule has 1 atom stereocenters. The molecule has 0 saturated carbocycles. The Hall–Kier alpha value is -0.810. The maximum atomic E-state index is 11.8. The van der Waals surface area contributed by atoms with Crippen molar-refractivity contribution < 1.29 is 14.6 Å². The lowest BCUT2D eigenvalue weighted by Crippen LogP contribution is -2.63. The summed E-state index contributed by atoms with van der Waals surface area (Å²) in [5.41, 5.74) is -0.427. The smallest absolute Gasteiger partial charge is 0.410 e. The van der Waals surface area contributed by atoms with Gasteiger partial charge < -0.3 is 14.7 Å². The van der Waals surface area contributed by atoms with Crippen LogP contribution in [0, 0.1) is 0 Å². The van der Waals surface area contributed by atoms with E-state index in [4.69, 9.17) is 4.74 Å². The van der Waals surface area contributed by atoms with Crippen LogP contribution in [0.1, 0.15) is 33.6 Å². The molecular weight excluding hydrogens is 232 g/mol. The summed E-state index contributed by atoms with van der Waals surface area (Å²) in [6.45, 7) is 8.86. The number of hydrogen-bond donors (Lipinski definition) is 1. The first kappa shape index (κ1) is 13.6. The van der Waals surface area contributed by atoms with E-state index in [1.165, 1.54) is 0 Å². The van der Waals surface area contributed by atoms with Crippen molar-refractivity contribution in [2.24, 2.45) is 0 Å². The first-order valence-electron chi connectivity index (χ1n) is 6.75. The van der Waals surface area contributed by atoms with Crippen molar-refractivity contribution in [1.82, 2.24) is 9.80 Å². The van der Waals surface area contributed by atoms with E-state index in [1.54, 1.807) is 4.90 Å². The summed E-state index contributed by atoms with van der Waals surface area (Å²) in [6, 6.07) is 0.396. The number of amides is 1. The Morgan fingerprint density at radius 2 is 1.94 bits per heavy atom. The molecule has 5 nitrogen and oxygen atoms in total. The topological polar surface area (TPSA) is 53.0 Å². The van der Waals surface area contributed by atoms with Crippen LogP contribution in [0.15, 0.2) is 0 Å². The highest BCUT2D eigenvalue weighted by Crippen LogP contribution is 2.22. The summed E-state index contributed by atoms with van der Waals surface area (Å²) < 4.78 is 5.32. The Kier molecular flexibility index (Phi) is 3.82. The van der Waals surface area contributed by atoms with Crippen molar-refractivity contribution in [3.05, 3.63) is 0 Å². The summed E-state index contributed by atoms with van der Waals surface area (Å²) in [6.07, 6.45) is 1.52. The van der Waals surface area contributed by atoms with Gasteiger partial charge in [-0.1, -0.05) is 0 Å². The molecule has 0 aromatic carbocycles. The number of nitrogens with zero attached hydrogens (tertiary/aromatic N) is 2. The standard InChI is InChI=1S/C13H24N2O3/c1-13(2,3)18-12(17)15-7-10(8-15)14-6-4-5-11(16)9-14/h10-11,16H,4-9H2,1-3H3. The Labute approximate surface area is 109 Å². The third kappa shape index (κ3) is 3.36. The molecule has 0 radical (unpaired) electrons. The molecule has 0 aromatic rings. The highest BCUT2D eigenvalue weighted by molar-refractivity contribution is 5.69. The van der Waals surface area contributed by atoms with E-state index in [-0.39, 0.29) is 12.2 Å². The summed E-state index contributed by atoms with van der Waals surface area (Å²) >= 11 is 0. The number of β-amino-alcohol motifs (C(OH)–C–C–N with tert-alkyl or cyclic N) is 1. The van der Waals surface area contributed by atoms with Crippen molar-refractivity contribution in [3.63, 3.8) is 0 Å². The van der Waals surface area contributed by atoms with Crippen LogP contribution < -0.4 is 0 Å². The molecule has 18 heavy (non-hydrogen) atoms. The Bertz CT molecular complexity index is 308. The average Bonchev–Trinajstić information content (AvgIpc) is 2.11. The molecule has 1 unspecified atom stereocenters. The van der Waals surface area contributed by atoms with Crippen molar-refractivity contribution in [1.29, 1.82) is 0 Å². The lowest BCUT2D eigenvalue weighted by molar-refractivity contribution is -0.0334. The van der Waals surface area contributed by atoms with Gasteiger partial charge >= 0.3 is 6.09 Å². The third-order valence-corrected chi connectivity index (χ3v) is 3.46. The molecule has 1 amide bonds. The number of carbonyl (C=O) groups is 1. The quantitative estimate of drug-likeness (QED) is 0.762. The maximum absolute atomic E-state index is 11.8. The van der Waals surface area contributed by atoms with Crippen LogP contribution in [-0.4, -0.2) is 64.9 Å². The van der Waals surface area contributed by atoms with E-state index in [9.17, 15) is 9.90 Å². The minimum Gasteiger partial charge on any atom is -0.444 e. The number of rotatable bonds is 1. The zero-order valence-corrected chi connectivity index (χ0v) is 11.6. The molecule has 2 fully saturated rings. The minimum absolute atomic E-state index is 0.200. The first-order chi connectivity index (χ1) is 8.35. The second-order valence-electron chi connectivity index (χ2n) is 6.33. The van der Waals surface area contributed by atoms with Gasteiger partial charge in [-0.05, 0) is 40.2 Å².